The molecule has 0 saturated carbocycles. The van der Waals surface area contributed by atoms with Gasteiger partial charge in [-0.2, -0.15) is 0 Å². The van der Waals surface area contributed by atoms with Crippen LogP contribution in [0.5, 0.6) is 0 Å². The summed E-state index contributed by atoms with van der Waals surface area (Å²) in [5, 5.41) is 9.47. The minimum atomic E-state index is -0.415. The molecule has 17 heavy (non-hydrogen) atoms. The van der Waals surface area contributed by atoms with E-state index in [9.17, 15) is 14.7 Å². The van der Waals surface area contributed by atoms with E-state index in [0.29, 0.717) is 13.1 Å². The summed E-state index contributed by atoms with van der Waals surface area (Å²) in [5.74, 6) is -0.142. The fourth-order valence-corrected chi connectivity index (χ4v) is 2.13. The number of nitrogens with one attached hydrogen (secondary N) is 1. The second-order valence-corrected chi connectivity index (χ2v) is 4.45. The second-order valence-electron chi connectivity index (χ2n) is 4.45. The van der Waals surface area contributed by atoms with Crippen molar-refractivity contribution in [3.63, 3.8) is 0 Å². The monoisotopic (exact) mass is 236 g/mol. The zero-order valence-corrected chi connectivity index (χ0v) is 9.72. The van der Waals surface area contributed by atoms with Crippen molar-refractivity contribution in [2.75, 3.05) is 13.1 Å². The Bertz CT molecular complexity index is 467. The average Bonchev–Trinajstić information content (AvgIpc) is 2.78. The van der Waals surface area contributed by atoms with Gasteiger partial charge in [0.1, 0.15) is 5.56 Å². The fourth-order valence-electron chi connectivity index (χ4n) is 2.13. The van der Waals surface area contributed by atoms with Crippen LogP contribution in [-0.4, -0.2) is 40.1 Å². The van der Waals surface area contributed by atoms with Crippen molar-refractivity contribution in [1.29, 1.82) is 0 Å². The first-order chi connectivity index (χ1) is 8.09. The zero-order valence-electron chi connectivity index (χ0n) is 9.72. The Morgan fingerprint density at radius 3 is 3.00 bits per heavy atom. The maximum absolute atomic E-state index is 12.1. The highest BCUT2D eigenvalue weighted by Crippen LogP contribution is 2.20. The summed E-state index contributed by atoms with van der Waals surface area (Å²) in [6.07, 6.45) is 1.87. The summed E-state index contributed by atoms with van der Waals surface area (Å²) in [6, 6.07) is 3.16. The van der Waals surface area contributed by atoms with Gasteiger partial charge in [-0.15, -0.1) is 0 Å². The van der Waals surface area contributed by atoms with E-state index in [-0.39, 0.29) is 22.9 Å². The van der Waals surface area contributed by atoms with Gasteiger partial charge in [0.2, 0.25) is 0 Å². The lowest BCUT2D eigenvalue weighted by Crippen LogP contribution is -2.33. The number of H-pyrrole nitrogens is 1. The topological polar surface area (TPSA) is 73.4 Å². The van der Waals surface area contributed by atoms with Crippen LogP contribution < -0.4 is 5.56 Å². The quantitative estimate of drug-likeness (QED) is 0.771. The minimum absolute atomic E-state index is 0.113. The number of aliphatic hydroxyl groups excluding tert-OH is 1. The number of carbonyl (C=O) groups excluding carboxylic acids is 1. The fraction of sp³-hybridized carbons (Fsp3) is 0.500. The van der Waals surface area contributed by atoms with E-state index in [4.69, 9.17) is 0 Å². The van der Waals surface area contributed by atoms with Gasteiger partial charge in [0.05, 0.1) is 6.10 Å². The van der Waals surface area contributed by atoms with Gasteiger partial charge in [-0.25, -0.2) is 0 Å². The average molecular weight is 236 g/mol. The Kier molecular flexibility index (Phi) is 3.28. The maximum atomic E-state index is 12.1. The van der Waals surface area contributed by atoms with E-state index in [1.165, 1.54) is 12.3 Å². The van der Waals surface area contributed by atoms with Gasteiger partial charge in [-0.05, 0) is 25.5 Å². The van der Waals surface area contributed by atoms with Crippen molar-refractivity contribution in [3.05, 3.63) is 34.2 Å². The Balaban J connectivity index is 2.13. The number of hydrogen-bond donors (Lipinski definition) is 2. The van der Waals surface area contributed by atoms with E-state index in [0.717, 1.165) is 6.42 Å². The highest BCUT2D eigenvalue weighted by molar-refractivity contribution is 5.93. The molecule has 0 radical (unpaired) electrons. The van der Waals surface area contributed by atoms with Crippen molar-refractivity contribution in [2.45, 2.75) is 19.4 Å². The number of rotatable bonds is 2. The molecule has 5 nitrogen and oxygen atoms in total. The molecule has 1 aromatic rings. The van der Waals surface area contributed by atoms with Crippen LogP contribution in [0, 0.1) is 5.92 Å². The number of aliphatic hydroxyl groups is 1. The second kappa shape index (κ2) is 4.71. The van der Waals surface area contributed by atoms with E-state index >= 15 is 0 Å². The molecule has 2 heterocycles. The molecule has 1 aliphatic heterocycles. The number of amides is 1. The molecule has 0 aromatic carbocycles. The normalized spacial score (nSPS) is 21.5. The number of aromatic nitrogens is 1. The summed E-state index contributed by atoms with van der Waals surface area (Å²) in [5.41, 5.74) is -0.197. The van der Waals surface area contributed by atoms with Gasteiger partial charge in [-0.3, -0.25) is 9.59 Å². The van der Waals surface area contributed by atoms with Gasteiger partial charge in [0.15, 0.2) is 0 Å². The highest BCUT2D eigenvalue weighted by Gasteiger charge is 2.30. The Hall–Kier alpha value is -1.62. The molecule has 2 rings (SSSR count). The third-order valence-electron chi connectivity index (χ3n) is 3.24. The van der Waals surface area contributed by atoms with Crippen LogP contribution in [0.2, 0.25) is 0 Å². The molecule has 5 heteroatoms. The molecule has 0 aliphatic carbocycles. The summed E-state index contributed by atoms with van der Waals surface area (Å²) in [4.78, 5) is 27.7. The van der Waals surface area contributed by atoms with Crippen molar-refractivity contribution in [1.82, 2.24) is 9.88 Å². The van der Waals surface area contributed by atoms with Crippen molar-refractivity contribution in [3.8, 4) is 0 Å². The van der Waals surface area contributed by atoms with Crippen LogP contribution in [-0.2, 0) is 0 Å². The molecule has 0 spiro atoms. The molecule has 2 N–H and O–H groups in total. The molecule has 1 amide bonds. The van der Waals surface area contributed by atoms with Gasteiger partial charge < -0.3 is 15.0 Å². The lowest BCUT2D eigenvalue weighted by Gasteiger charge is -2.17. The molecule has 92 valence electrons. The number of carbonyl (C=O) groups is 1. The number of nitrogens with zero attached hydrogens (tertiary/aromatic N) is 1. The zero-order chi connectivity index (χ0) is 12.4. The molecule has 2 atom stereocenters. The predicted octanol–water partition coefficient (Wildman–Crippen LogP) is 0.218. The van der Waals surface area contributed by atoms with Crippen LogP contribution >= 0.6 is 0 Å². The first-order valence-electron chi connectivity index (χ1n) is 5.74. The highest BCUT2D eigenvalue weighted by atomic mass is 16.3. The number of likely N-dealkylation sites (tertiary alicyclic amines) is 1. The Morgan fingerprint density at radius 2 is 2.41 bits per heavy atom. The molecule has 1 saturated heterocycles. The van der Waals surface area contributed by atoms with Gasteiger partial charge in [0.25, 0.3) is 11.5 Å². The van der Waals surface area contributed by atoms with Crippen LogP contribution in [0.15, 0.2) is 23.1 Å². The van der Waals surface area contributed by atoms with E-state index in [1.807, 2.05) is 0 Å². The van der Waals surface area contributed by atoms with Crippen molar-refractivity contribution >= 4 is 5.91 Å². The summed E-state index contributed by atoms with van der Waals surface area (Å²) in [7, 11) is 0. The standard InChI is InChI=1S/C12H16N2O3/c1-8(15)9-4-6-14(7-9)12(17)10-3-2-5-13-11(10)16/h2-3,5,8-9,15H,4,6-7H2,1H3,(H,13,16). The van der Waals surface area contributed by atoms with Crippen LogP contribution in [0.4, 0.5) is 0 Å². The third kappa shape index (κ3) is 2.39. The van der Waals surface area contributed by atoms with Gasteiger partial charge in [0, 0.05) is 25.2 Å². The van der Waals surface area contributed by atoms with Crippen molar-refractivity contribution < 1.29 is 9.90 Å². The molecule has 2 unspecified atom stereocenters. The molecule has 1 fully saturated rings. The molecular weight excluding hydrogens is 220 g/mol. The summed E-state index contributed by atoms with van der Waals surface area (Å²) >= 11 is 0. The smallest absolute Gasteiger partial charge is 0.260 e. The van der Waals surface area contributed by atoms with Gasteiger partial charge >= 0.3 is 0 Å². The van der Waals surface area contributed by atoms with E-state index in [1.54, 1.807) is 17.9 Å². The predicted molar refractivity (Wildman–Crippen MR) is 62.8 cm³/mol. The minimum Gasteiger partial charge on any atom is -0.393 e. The maximum Gasteiger partial charge on any atom is 0.260 e. The van der Waals surface area contributed by atoms with Crippen LogP contribution in [0.25, 0.3) is 0 Å². The molecule has 1 aliphatic rings. The summed E-state index contributed by atoms with van der Waals surface area (Å²) in [6.45, 7) is 2.85. The van der Waals surface area contributed by atoms with Crippen LogP contribution in [0.3, 0.4) is 0 Å². The SMILES string of the molecule is CC(O)C1CCN(C(=O)c2ccc[nH]c2=O)C1. The molecular formula is C12H16N2O3. The third-order valence-corrected chi connectivity index (χ3v) is 3.24. The first-order valence-corrected chi connectivity index (χ1v) is 5.74. The lowest BCUT2D eigenvalue weighted by molar-refractivity contribution is 0.0760. The number of aromatic amines is 1. The molecule has 0 bridgehead atoms. The summed E-state index contributed by atoms with van der Waals surface area (Å²) < 4.78 is 0. The van der Waals surface area contributed by atoms with Crippen LogP contribution in [0.1, 0.15) is 23.7 Å². The number of hydrogen-bond acceptors (Lipinski definition) is 3. The van der Waals surface area contributed by atoms with Crippen molar-refractivity contribution in [2.24, 2.45) is 5.92 Å². The largest absolute Gasteiger partial charge is 0.393 e. The lowest BCUT2D eigenvalue weighted by atomic mass is 10.0. The van der Waals surface area contributed by atoms with E-state index < -0.39 is 6.10 Å². The first kappa shape index (κ1) is 11.9. The Morgan fingerprint density at radius 1 is 1.65 bits per heavy atom. The Labute approximate surface area is 99.1 Å². The molecule has 1 aromatic heterocycles. The van der Waals surface area contributed by atoms with E-state index in [2.05, 4.69) is 4.98 Å². The number of pyridine rings is 1. The van der Waals surface area contributed by atoms with Gasteiger partial charge in [-0.1, -0.05) is 0 Å².